The van der Waals surface area contributed by atoms with Gasteiger partial charge >= 0.3 is 5.97 Å². The van der Waals surface area contributed by atoms with Gasteiger partial charge in [-0.25, -0.2) is 14.2 Å². The summed E-state index contributed by atoms with van der Waals surface area (Å²) in [5.41, 5.74) is 5.25. The van der Waals surface area contributed by atoms with Crippen LogP contribution in [-0.4, -0.2) is 34.3 Å². The molecule has 3 aliphatic rings. The molecule has 0 atom stereocenters. The van der Waals surface area contributed by atoms with E-state index in [-0.39, 0.29) is 21.2 Å². The smallest absolute Gasteiger partial charge is 0.354 e. The number of anilines is 1. The highest BCUT2D eigenvalue weighted by Crippen LogP contribution is 2.56. The van der Waals surface area contributed by atoms with Gasteiger partial charge in [-0.1, -0.05) is 40.5 Å². The Kier molecular flexibility index (Phi) is 5.72. The molecule has 4 aromatic rings. The van der Waals surface area contributed by atoms with E-state index in [0.29, 0.717) is 22.7 Å². The molecule has 39 heavy (non-hydrogen) atoms. The Morgan fingerprint density at radius 3 is 2.44 bits per heavy atom. The maximum Gasteiger partial charge on any atom is 0.354 e. The zero-order valence-electron chi connectivity index (χ0n) is 20.9. The minimum Gasteiger partial charge on any atom is -0.477 e. The monoisotopic (exact) mass is 563 g/mol. The third-order valence-corrected chi connectivity index (χ3v) is 8.87. The molecule has 0 amide bonds. The van der Waals surface area contributed by atoms with E-state index in [0.717, 1.165) is 67.6 Å². The van der Waals surface area contributed by atoms with Gasteiger partial charge in [-0.15, -0.1) is 0 Å². The third kappa shape index (κ3) is 4.28. The molecule has 1 N–H and O–H groups in total. The minimum atomic E-state index is -1.03. The number of carboxylic acid groups (broad SMARTS) is 1. The van der Waals surface area contributed by atoms with Crippen molar-refractivity contribution >= 4 is 51.3 Å². The second kappa shape index (κ2) is 9.07. The van der Waals surface area contributed by atoms with Crippen LogP contribution in [-0.2, 0) is 0 Å². The molecule has 2 aromatic heterocycles. The van der Waals surface area contributed by atoms with Crippen molar-refractivity contribution in [1.82, 2.24) is 10.1 Å². The molecule has 0 radical (unpaired) electrons. The summed E-state index contributed by atoms with van der Waals surface area (Å²) in [6.45, 7) is 1.83. The summed E-state index contributed by atoms with van der Waals surface area (Å²) < 4.78 is 19.7. The number of benzene rings is 2. The van der Waals surface area contributed by atoms with Gasteiger partial charge in [0.05, 0.1) is 15.6 Å². The Morgan fingerprint density at radius 1 is 1.05 bits per heavy atom. The predicted octanol–water partition coefficient (Wildman–Crippen LogP) is 7.99. The summed E-state index contributed by atoms with van der Waals surface area (Å²) in [5, 5.41) is 15.0. The van der Waals surface area contributed by atoms with Crippen LogP contribution in [0.25, 0.3) is 27.7 Å². The number of halogens is 3. The van der Waals surface area contributed by atoms with Gasteiger partial charge in [-0.2, -0.15) is 0 Å². The van der Waals surface area contributed by atoms with E-state index < -0.39 is 11.8 Å². The molecule has 6 nitrogen and oxygen atoms in total. The van der Waals surface area contributed by atoms with Crippen LogP contribution in [0, 0.1) is 11.2 Å². The molecule has 2 aliphatic carbocycles. The highest BCUT2D eigenvalue weighted by Gasteiger charge is 2.44. The van der Waals surface area contributed by atoms with E-state index in [1.165, 1.54) is 17.7 Å². The lowest BCUT2D eigenvalue weighted by atomic mass is 9.63. The van der Waals surface area contributed by atoms with Crippen molar-refractivity contribution < 1.29 is 18.8 Å². The molecule has 198 valence electrons. The number of aromatic nitrogens is 2. The number of carbonyl (C=O) groups is 1. The summed E-state index contributed by atoms with van der Waals surface area (Å²) >= 11 is 12.8. The van der Waals surface area contributed by atoms with E-state index in [2.05, 4.69) is 27.2 Å². The Hall–Kier alpha value is -3.42. The van der Waals surface area contributed by atoms with Gasteiger partial charge in [-0.05, 0) is 79.5 Å². The van der Waals surface area contributed by atoms with Crippen LogP contribution in [0.4, 0.5) is 10.1 Å². The molecule has 2 aromatic carbocycles. The topological polar surface area (TPSA) is 79.5 Å². The normalized spacial score (nSPS) is 18.3. The molecule has 7 rings (SSSR count). The first-order chi connectivity index (χ1) is 18.8. The van der Waals surface area contributed by atoms with Crippen LogP contribution in [0.1, 0.15) is 59.8 Å². The van der Waals surface area contributed by atoms with Crippen molar-refractivity contribution in [3.8, 4) is 11.3 Å². The molecule has 1 spiro atoms. The van der Waals surface area contributed by atoms with E-state index in [1.54, 1.807) is 6.07 Å². The largest absolute Gasteiger partial charge is 0.477 e. The molecule has 1 aliphatic heterocycles. The van der Waals surface area contributed by atoms with Crippen LogP contribution >= 0.6 is 23.2 Å². The number of rotatable bonds is 5. The lowest BCUT2D eigenvalue weighted by molar-refractivity contribution is 0.0691. The maximum absolute atomic E-state index is 13.9. The fourth-order valence-electron chi connectivity index (χ4n) is 6.02. The molecule has 9 heteroatoms. The lowest BCUT2D eigenvalue weighted by Gasteiger charge is -2.47. The SMILES string of the molecule is O=C(O)c1ccc2cc(N3CCC4(C=C(c5c(-c6c(Cl)cc(F)cc6Cl)noc5C5CC5)C4)CC3)ccc2n1. The number of hydrogen-bond acceptors (Lipinski definition) is 5. The first-order valence-electron chi connectivity index (χ1n) is 13.1. The van der Waals surface area contributed by atoms with Gasteiger partial charge in [0.15, 0.2) is 0 Å². The Labute approximate surface area is 234 Å². The number of allylic oxidation sites excluding steroid dienone is 2. The molecular formula is C30H24Cl2FN3O3. The molecular weight excluding hydrogens is 540 g/mol. The van der Waals surface area contributed by atoms with Crippen molar-refractivity contribution in [2.24, 2.45) is 5.41 Å². The maximum atomic E-state index is 13.9. The van der Waals surface area contributed by atoms with Crippen LogP contribution < -0.4 is 4.90 Å². The molecule has 1 saturated carbocycles. The van der Waals surface area contributed by atoms with Crippen LogP contribution in [0.15, 0.2) is 53.1 Å². The Morgan fingerprint density at radius 2 is 1.77 bits per heavy atom. The van der Waals surface area contributed by atoms with Crippen molar-refractivity contribution in [3.05, 3.63) is 81.4 Å². The molecule has 0 unspecified atom stereocenters. The summed E-state index contributed by atoms with van der Waals surface area (Å²) in [5.74, 6) is -0.271. The molecule has 1 saturated heterocycles. The van der Waals surface area contributed by atoms with Crippen LogP contribution in [0.5, 0.6) is 0 Å². The van der Waals surface area contributed by atoms with Gasteiger partial charge in [-0.3, -0.25) is 0 Å². The fraction of sp³-hybridized carbons (Fsp3) is 0.300. The van der Waals surface area contributed by atoms with Gasteiger partial charge in [0.2, 0.25) is 0 Å². The fourth-order valence-corrected chi connectivity index (χ4v) is 6.66. The van der Waals surface area contributed by atoms with E-state index >= 15 is 0 Å². The first-order valence-corrected chi connectivity index (χ1v) is 13.8. The summed E-state index contributed by atoms with van der Waals surface area (Å²) in [6, 6.07) is 11.9. The van der Waals surface area contributed by atoms with E-state index in [1.807, 2.05) is 18.2 Å². The number of nitrogens with zero attached hydrogens (tertiary/aromatic N) is 3. The zero-order chi connectivity index (χ0) is 26.9. The number of fused-ring (bicyclic) bond motifs is 1. The number of aromatic carboxylic acids is 1. The predicted molar refractivity (Wildman–Crippen MR) is 149 cm³/mol. The first kappa shape index (κ1) is 24.6. The zero-order valence-corrected chi connectivity index (χ0v) is 22.4. The van der Waals surface area contributed by atoms with E-state index in [4.69, 9.17) is 27.7 Å². The standard InChI is InChI=1S/C30H24Cl2FN3O3/c31-21-12-19(33)13-22(32)26(21)27-25(28(39-35-27)16-1-2-16)18-14-30(15-18)7-9-36(10-8-30)20-4-6-23-17(11-20)3-5-24(34-23)29(37)38/h3-6,11-14,16H,1-2,7-10,15H2,(H,37,38). The van der Waals surface area contributed by atoms with Gasteiger partial charge in [0.1, 0.15) is 23.0 Å². The number of piperidine rings is 1. The van der Waals surface area contributed by atoms with Crippen LogP contribution in [0.3, 0.4) is 0 Å². The van der Waals surface area contributed by atoms with Gasteiger partial charge < -0.3 is 14.5 Å². The molecule has 2 fully saturated rings. The van der Waals surface area contributed by atoms with Gasteiger partial charge in [0, 0.05) is 41.2 Å². The molecule has 3 heterocycles. The minimum absolute atomic E-state index is 0.0486. The summed E-state index contributed by atoms with van der Waals surface area (Å²) in [7, 11) is 0. The number of carboxylic acids is 1. The number of pyridine rings is 1. The van der Waals surface area contributed by atoms with Crippen molar-refractivity contribution in [2.45, 2.75) is 38.0 Å². The van der Waals surface area contributed by atoms with Crippen molar-refractivity contribution in [2.75, 3.05) is 18.0 Å². The van der Waals surface area contributed by atoms with E-state index in [9.17, 15) is 14.3 Å². The summed E-state index contributed by atoms with van der Waals surface area (Å²) in [4.78, 5) is 17.8. The summed E-state index contributed by atoms with van der Waals surface area (Å²) in [6.07, 6.45) is 7.46. The highest BCUT2D eigenvalue weighted by atomic mass is 35.5. The molecule has 0 bridgehead atoms. The average molecular weight is 564 g/mol. The van der Waals surface area contributed by atoms with Crippen molar-refractivity contribution in [3.63, 3.8) is 0 Å². The second-order valence-electron chi connectivity index (χ2n) is 10.9. The quantitative estimate of drug-likeness (QED) is 0.265. The third-order valence-electron chi connectivity index (χ3n) is 8.27. The van der Waals surface area contributed by atoms with Crippen LogP contribution in [0.2, 0.25) is 10.0 Å². The highest BCUT2D eigenvalue weighted by molar-refractivity contribution is 6.39. The second-order valence-corrected chi connectivity index (χ2v) is 11.7. The Balaban J connectivity index is 1.13. The van der Waals surface area contributed by atoms with Crippen molar-refractivity contribution in [1.29, 1.82) is 0 Å². The van der Waals surface area contributed by atoms with Gasteiger partial charge in [0.25, 0.3) is 0 Å². The number of hydrogen-bond donors (Lipinski definition) is 1. The Bertz CT molecular complexity index is 1660. The average Bonchev–Trinajstić information content (AvgIpc) is 3.66. The lowest BCUT2D eigenvalue weighted by Crippen LogP contribution is -2.42.